The number of methoxy groups -OCH3 is 2. The standard InChI is InChI=1S/C22H25N3O2/c1-26-19-10-11-20(22(15-19)27-2)21-5-3-13-24(21)16-17-6-8-18(9-7-17)25-14-4-12-23-25/h4,6-12,14-15,21H,3,5,13,16H2,1-2H3. The lowest BCUT2D eigenvalue weighted by Crippen LogP contribution is -2.23. The fourth-order valence-electron chi connectivity index (χ4n) is 3.87. The van der Waals surface area contributed by atoms with E-state index in [2.05, 4.69) is 40.3 Å². The number of benzene rings is 2. The number of nitrogens with zero attached hydrogens (tertiary/aromatic N) is 3. The minimum Gasteiger partial charge on any atom is -0.497 e. The van der Waals surface area contributed by atoms with Gasteiger partial charge in [0, 0.05) is 36.6 Å². The summed E-state index contributed by atoms with van der Waals surface area (Å²) in [7, 11) is 3.41. The van der Waals surface area contributed by atoms with Crippen LogP contribution in [0, 0.1) is 0 Å². The molecule has 1 aliphatic heterocycles. The zero-order valence-corrected chi connectivity index (χ0v) is 15.8. The molecule has 140 valence electrons. The molecule has 5 heteroatoms. The highest BCUT2D eigenvalue weighted by Crippen LogP contribution is 2.39. The Bertz CT molecular complexity index is 875. The summed E-state index contributed by atoms with van der Waals surface area (Å²) in [4.78, 5) is 2.53. The van der Waals surface area contributed by atoms with E-state index in [1.165, 1.54) is 17.5 Å². The van der Waals surface area contributed by atoms with Crippen LogP contribution in [0.2, 0.25) is 0 Å². The van der Waals surface area contributed by atoms with E-state index in [9.17, 15) is 0 Å². The Kier molecular flexibility index (Phi) is 5.12. The van der Waals surface area contributed by atoms with Crippen molar-refractivity contribution in [3.05, 3.63) is 72.1 Å². The molecule has 0 radical (unpaired) electrons. The van der Waals surface area contributed by atoms with Gasteiger partial charge in [0.2, 0.25) is 0 Å². The Balaban J connectivity index is 1.52. The topological polar surface area (TPSA) is 39.5 Å². The second kappa shape index (κ2) is 7.84. The first-order valence-corrected chi connectivity index (χ1v) is 9.33. The molecule has 0 saturated carbocycles. The molecule has 1 unspecified atom stereocenters. The van der Waals surface area contributed by atoms with Crippen LogP contribution in [0.25, 0.3) is 5.69 Å². The zero-order chi connectivity index (χ0) is 18.6. The van der Waals surface area contributed by atoms with Crippen LogP contribution in [-0.4, -0.2) is 35.4 Å². The number of rotatable bonds is 6. The predicted molar refractivity (Wildman–Crippen MR) is 105 cm³/mol. The van der Waals surface area contributed by atoms with Crippen molar-refractivity contribution < 1.29 is 9.47 Å². The SMILES string of the molecule is COc1ccc(C2CCCN2Cc2ccc(-n3cccn3)cc2)c(OC)c1. The maximum absolute atomic E-state index is 5.64. The summed E-state index contributed by atoms with van der Waals surface area (Å²) in [5, 5.41) is 4.29. The van der Waals surface area contributed by atoms with E-state index in [4.69, 9.17) is 9.47 Å². The average molecular weight is 363 g/mol. The number of ether oxygens (including phenoxy) is 2. The van der Waals surface area contributed by atoms with Gasteiger partial charge >= 0.3 is 0 Å². The molecule has 1 saturated heterocycles. The van der Waals surface area contributed by atoms with Gasteiger partial charge < -0.3 is 9.47 Å². The summed E-state index contributed by atoms with van der Waals surface area (Å²) in [6.07, 6.45) is 6.10. The Morgan fingerprint density at radius 1 is 1.07 bits per heavy atom. The van der Waals surface area contributed by atoms with Gasteiger partial charge in [0.15, 0.2) is 0 Å². The summed E-state index contributed by atoms with van der Waals surface area (Å²) >= 11 is 0. The lowest BCUT2D eigenvalue weighted by Gasteiger charge is -2.26. The fourth-order valence-corrected chi connectivity index (χ4v) is 3.87. The smallest absolute Gasteiger partial charge is 0.127 e. The zero-order valence-electron chi connectivity index (χ0n) is 15.8. The molecule has 2 aromatic carbocycles. The molecule has 1 aromatic heterocycles. The van der Waals surface area contributed by atoms with E-state index in [1.807, 2.05) is 29.1 Å². The molecule has 1 fully saturated rings. The summed E-state index contributed by atoms with van der Waals surface area (Å²) in [6, 6.07) is 17.1. The molecule has 0 N–H and O–H groups in total. The lowest BCUT2D eigenvalue weighted by molar-refractivity contribution is 0.242. The molecule has 0 bridgehead atoms. The van der Waals surface area contributed by atoms with Crippen molar-refractivity contribution in [3.8, 4) is 17.2 Å². The van der Waals surface area contributed by atoms with Crippen molar-refractivity contribution in [2.75, 3.05) is 20.8 Å². The van der Waals surface area contributed by atoms with Gasteiger partial charge in [-0.2, -0.15) is 5.10 Å². The minimum atomic E-state index is 0.372. The van der Waals surface area contributed by atoms with Gasteiger partial charge in [-0.25, -0.2) is 4.68 Å². The number of hydrogen-bond donors (Lipinski definition) is 0. The van der Waals surface area contributed by atoms with Gasteiger partial charge in [-0.1, -0.05) is 18.2 Å². The maximum Gasteiger partial charge on any atom is 0.127 e. The summed E-state index contributed by atoms with van der Waals surface area (Å²) in [6.45, 7) is 2.03. The third kappa shape index (κ3) is 3.69. The second-order valence-corrected chi connectivity index (χ2v) is 6.85. The van der Waals surface area contributed by atoms with Crippen molar-refractivity contribution >= 4 is 0 Å². The molecule has 0 amide bonds. The molecule has 4 rings (SSSR count). The highest BCUT2D eigenvalue weighted by atomic mass is 16.5. The van der Waals surface area contributed by atoms with Crippen LogP contribution in [0.4, 0.5) is 0 Å². The highest BCUT2D eigenvalue weighted by molar-refractivity contribution is 5.43. The van der Waals surface area contributed by atoms with Crippen LogP contribution < -0.4 is 9.47 Å². The van der Waals surface area contributed by atoms with Gasteiger partial charge in [-0.3, -0.25) is 4.90 Å². The van der Waals surface area contributed by atoms with Crippen LogP contribution in [0.1, 0.15) is 30.0 Å². The van der Waals surface area contributed by atoms with Crippen LogP contribution in [0.15, 0.2) is 60.9 Å². The molecule has 1 atom stereocenters. The Hall–Kier alpha value is -2.79. The highest BCUT2D eigenvalue weighted by Gasteiger charge is 2.28. The van der Waals surface area contributed by atoms with Crippen molar-refractivity contribution in [2.24, 2.45) is 0 Å². The molecule has 5 nitrogen and oxygen atoms in total. The predicted octanol–water partition coefficient (Wildman–Crippen LogP) is 4.23. The molecular formula is C22H25N3O2. The monoisotopic (exact) mass is 363 g/mol. The van der Waals surface area contributed by atoms with Gasteiger partial charge in [0.05, 0.1) is 19.9 Å². The molecule has 1 aliphatic rings. The van der Waals surface area contributed by atoms with E-state index < -0.39 is 0 Å². The first kappa shape index (κ1) is 17.6. The summed E-state index contributed by atoms with van der Waals surface area (Å²) in [5.74, 6) is 1.73. The molecule has 0 spiro atoms. The average Bonchev–Trinajstić information content (AvgIpc) is 3.40. The molecule has 27 heavy (non-hydrogen) atoms. The van der Waals surface area contributed by atoms with E-state index in [1.54, 1.807) is 20.4 Å². The Morgan fingerprint density at radius 2 is 1.93 bits per heavy atom. The number of hydrogen-bond acceptors (Lipinski definition) is 4. The first-order valence-electron chi connectivity index (χ1n) is 9.33. The third-order valence-corrected chi connectivity index (χ3v) is 5.25. The fraction of sp³-hybridized carbons (Fsp3) is 0.318. The molecular weight excluding hydrogens is 338 g/mol. The first-order chi connectivity index (χ1) is 13.3. The minimum absolute atomic E-state index is 0.372. The Labute approximate surface area is 160 Å². The van der Waals surface area contributed by atoms with Crippen LogP contribution in [0.5, 0.6) is 11.5 Å². The van der Waals surface area contributed by atoms with Gasteiger partial charge in [-0.15, -0.1) is 0 Å². The molecule has 3 aromatic rings. The van der Waals surface area contributed by atoms with Crippen LogP contribution in [-0.2, 0) is 6.54 Å². The Morgan fingerprint density at radius 3 is 2.63 bits per heavy atom. The quantitative estimate of drug-likeness (QED) is 0.657. The van der Waals surface area contributed by atoms with Gasteiger partial charge in [0.1, 0.15) is 11.5 Å². The lowest BCUT2D eigenvalue weighted by atomic mass is 10.0. The van der Waals surface area contributed by atoms with E-state index in [0.717, 1.165) is 36.7 Å². The third-order valence-electron chi connectivity index (χ3n) is 5.25. The van der Waals surface area contributed by atoms with Crippen LogP contribution >= 0.6 is 0 Å². The summed E-state index contributed by atoms with van der Waals surface area (Å²) in [5.41, 5.74) is 3.63. The van der Waals surface area contributed by atoms with Crippen molar-refractivity contribution in [2.45, 2.75) is 25.4 Å². The second-order valence-electron chi connectivity index (χ2n) is 6.85. The van der Waals surface area contributed by atoms with Crippen molar-refractivity contribution in [1.29, 1.82) is 0 Å². The number of likely N-dealkylation sites (tertiary alicyclic amines) is 1. The molecule has 0 aliphatic carbocycles. The van der Waals surface area contributed by atoms with Crippen molar-refractivity contribution in [3.63, 3.8) is 0 Å². The van der Waals surface area contributed by atoms with Gasteiger partial charge in [-0.05, 0) is 49.2 Å². The van der Waals surface area contributed by atoms with Gasteiger partial charge in [0.25, 0.3) is 0 Å². The van der Waals surface area contributed by atoms with Crippen molar-refractivity contribution in [1.82, 2.24) is 14.7 Å². The number of aromatic nitrogens is 2. The van der Waals surface area contributed by atoms with E-state index in [-0.39, 0.29) is 0 Å². The van der Waals surface area contributed by atoms with E-state index in [0.29, 0.717) is 6.04 Å². The summed E-state index contributed by atoms with van der Waals surface area (Å²) < 4.78 is 12.9. The maximum atomic E-state index is 5.64. The normalized spacial score (nSPS) is 17.2. The molecule has 2 heterocycles. The van der Waals surface area contributed by atoms with E-state index >= 15 is 0 Å². The van der Waals surface area contributed by atoms with Crippen LogP contribution in [0.3, 0.4) is 0 Å². The largest absolute Gasteiger partial charge is 0.497 e.